The second-order valence-corrected chi connectivity index (χ2v) is 9.97. The fraction of sp³-hybridized carbons (Fsp3) is 0.882. The van der Waals surface area contributed by atoms with Gasteiger partial charge < -0.3 is 30.4 Å². The second-order valence-electron chi connectivity index (χ2n) is 8.73. The van der Waals surface area contributed by atoms with Gasteiger partial charge in [-0.25, -0.2) is 9.36 Å². The average Bonchev–Trinajstić information content (AvgIpc) is 2.67. The van der Waals surface area contributed by atoms with Crippen molar-refractivity contribution >= 4 is 19.8 Å². The van der Waals surface area contributed by atoms with Crippen LogP contribution in [0.15, 0.2) is 0 Å². The van der Waals surface area contributed by atoms with E-state index in [1.165, 1.54) is 0 Å². The Kier molecular flexibility index (Phi) is 9.71. The number of nitrogens with zero attached hydrogens (tertiary/aromatic N) is 1. The van der Waals surface area contributed by atoms with Gasteiger partial charge in [-0.2, -0.15) is 0 Å². The Hall–Kier alpha value is -0.150. The quantitative estimate of drug-likeness (QED) is 0.133. The molecule has 3 fully saturated rings. The topological polar surface area (TPSA) is 204 Å². The van der Waals surface area contributed by atoms with E-state index in [2.05, 4.69) is 34.3 Å². The van der Waals surface area contributed by atoms with Crippen molar-refractivity contribution in [3.05, 3.63) is 0 Å². The maximum Gasteiger partial charge on any atom is 1.00 e. The van der Waals surface area contributed by atoms with Gasteiger partial charge in [-0.1, -0.05) is 20.0 Å². The molecule has 3 aliphatic rings. The third-order valence-electron chi connectivity index (χ3n) is 6.55. The summed E-state index contributed by atoms with van der Waals surface area (Å²) in [6, 6.07) is -1.77. The molecule has 2 aliphatic heterocycles. The van der Waals surface area contributed by atoms with Crippen LogP contribution >= 0.6 is 7.82 Å². The van der Waals surface area contributed by atoms with Crippen LogP contribution in [-0.2, 0) is 13.9 Å². The summed E-state index contributed by atoms with van der Waals surface area (Å²) in [5, 5.41) is 41.1. The Morgan fingerprint density at radius 3 is 2.47 bits per heavy atom. The summed E-state index contributed by atoms with van der Waals surface area (Å²) in [6.45, 7) is 2.98. The Balaban J connectivity index is 0.00000363. The van der Waals surface area contributed by atoms with Gasteiger partial charge in [0, 0.05) is 12.1 Å². The van der Waals surface area contributed by atoms with Gasteiger partial charge in [0.1, 0.15) is 18.3 Å². The largest absolute Gasteiger partial charge is 1.00 e. The zero-order valence-electron chi connectivity index (χ0n) is 18.2. The molecule has 15 heteroatoms. The molecule has 0 spiro atoms. The van der Waals surface area contributed by atoms with Crippen LogP contribution in [0.2, 0.25) is 0 Å². The van der Waals surface area contributed by atoms with Crippen molar-refractivity contribution < 1.29 is 73.3 Å². The number of piperazine rings is 1. The minimum atomic E-state index is -4.87. The number of nitrogens with one attached hydrogen (secondary N) is 3. The maximum absolute atomic E-state index is 12.8. The van der Waals surface area contributed by atoms with Crippen LogP contribution in [0.1, 0.15) is 26.7 Å². The van der Waals surface area contributed by atoms with Crippen molar-refractivity contribution in [1.82, 2.24) is 20.9 Å². The zero-order chi connectivity index (χ0) is 23.1. The van der Waals surface area contributed by atoms with E-state index in [-0.39, 0.29) is 48.2 Å². The molecule has 0 radical (unpaired) electrons. The van der Waals surface area contributed by atoms with Crippen molar-refractivity contribution in [2.45, 2.75) is 69.3 Å². The molecule has 32 heavy (non-hydrogen) atoms. The van der Waals surface area contributed by atoms with Gasteiger partial charge in [-0.05, 0) is 31.2 Å². The van der Waals surface area contributed by atoms with E-state index >= 15 is 0 Å². The number of carbonyl (C=O) groups excluding carboxylic acids is 2. The van der Waals surface area contributed by atoms with E-state index < -0.39 is 56.9 Å². The molecule has 6 unspecified atom stereocenters. The van der Waals surface area contributed by atoms with Gasteiger partial charge in [0.25, 0.3) is 0 Å². The summed E-state index contributed by atoms with van der Waals surface area (Å²) in [5.74, 6) is 0.197. The zero-order valence-corrected chi connectivity index (χ0v) is 21.1. The molecule has 7 N–H and O–H groups in total. The Morgan fingerprint density at radius 2 is 1.84 bits per heavy atom. The molecule has 3 amide bonds. The maximum atomic E-state index is 12.8. The first kappa shape index (κ1) is 28.1. The van der Waals surface area contributed by atoms with Gasteiger partial charge in [0.05, 0.1) is 12.7 Å². The predicted molar refractivity (Wildman–Crippen MR) is 103 cm³/mol. The van der Waals surface area contributed by atoms with Crippen LogP contribution in [-0.4, -0.2) is 92.6 Å². The summed E-state index contributed by atoms with van der Waals surface area (Å²) >= 11 is 0. The molecule has 0 aromatic heterocycles. The number of imide groups is 1. The third kappa shape index (κ3) is 6.49. The van der Waals surface area contributed by atoms with Gasteiger partial charge in [-0.15, -0.1) is 0 Å². The minimum Gasteiger partial charge on any atom is -0.849 e. The average molecular weight is 488 g/mol. The predicted octanol–water partition coefficient (Wildman–Crippen LogP) is -6.21. The van der Waals surface area contributed by atoms with Gasteiger partial charge >= 0.3 is 43.4 Å². The van der Waals surface area contributed by atoms with E-state index in [9.17, 15) is 29.5 Å². The molecular weight excluding hydrogens is 458 g/mol. The second kappa shape index (κ2) is 11.1. The Bertz CT molecular complexity index is 743. The molecule has 0 aromatic rings. The van der Waals surface area contributed by atoms with Gasteiger partial charge in [0.2, 0.25) is 5.91 Å². The van der Waals surface area contributed by atoms with Crippen molar-refractivity contribution in [3.63, 3.8) is 0 Å². The molecule has 2 saturated heterocycles. The number of aliphatic hydroxyl groups is 2. The van der Waals surface area contributed by atoms with Crippen LogP contribution in [0.5, 0.6) is 0 Å². The van der Waals surface area contributed by atoms with E-state index in [0.29, 0.717) is 18.3 Å². The van der Waals surface area contributed by atoms with Crippen LogP contribution < -0.4 is 50.6 Å². The number of carbonyl (C=O) groups is 2. The van der Waals surface area contributed by atoms with Crippen molar-refractivity contribution in [2.75, 3.05) is 13.2 Å². The number of hydrogen-bond donors (Lipinski definition) is 7. The number of urea groups is 1. The normalized spacial score (nSPS) is 36.0. The van der Waals surface area contributed by atoms with Crippen LogP contribution in [0.4, 0.5) is 4.79 Å². The SMILES string of the molecule is CC1CC2NC3C(=O)NC(=O)NC3N(C[C@@H]([O-])[C@@H](O)[C@@H](O)COP(=O)(O)O)C2CC1C.[Na+]. The standard InChI is InChI=1S/C17H30N4O9P.Na/c1-7-3-9-10(4-8(7)2)21(15-13(18-9)16(25)20-17(26)19-15)5-11(22)14(24)12(23)6-30-31(27,28)29;/h7-15,18,23-24H,3-6H2,1-2H3,(H2,27,28,29)(H2,19,20,25,26);/q-1;+1/t7?,8?,9?,10?,11-,12+,13?,14-,15?;/m1./s1. The smallest absolute Gasteiger partial charge is 0.849 e. The number of aliphatic hydroxyl groups excluding tert-OH is 2. The van der Waals surface area contributed by atoms with Crippen molar-refractivity contribution in [2.24, 2.45) is 11.8 Å². The molecule has 13 nitrogen and oxygen atoms in total. The monoisotopic (exact) mass is 488 g/mol. The van der Waals surface area contributed by atoms with E-state index in [4.69, 9.17) is 9.79 Å². The van der Waals surface area contributed by atoms with Crippen molar-refractivity contribution in [1.29, 1.82) is 0 Å². The van der Waals surface area contributed by atoms with Crippen LogP contribution in [0, 0.1) is 11.8 Å². The first-order valence-corrected chi connectivity index (χ1v) is 11.8. The molecule has 2 heterocycles. The van der Waals surface area contributed by atoms with E-state index in [1.54, 1.807) is 4.90 Å². The fourth-order valence-corrected chi connectivity index (χ4v) is 5.01. The van der Waals surface area contributed by atoms with E-state index in [0.717, 1.165) is 6.42 Å². The number of phosphoric ester groups is 1. The fourth-order valence-electron chi connectivity index (χ4n) is 4.66. The molecule has 178 valence electrons. The number of amides is 3. The molecule has 1 saturated carbocycles. The number of rotatable bonds is 7. The number of hydrogen-bond acceptors (Lipinski definition) is 9. The van der Waals surface area contributed by atoms with Crippen molar-refractivity contribution in [3.8, 4) is 0 Å². The first-order valence-electron chi connectivity index (χ1n) is 10.2. The van der Waals surface area contributed by atoms with Crippen LogP contribution in [0.25, 0.3) is 0 Å². The van der Waals surface area contributed by atoms with Gasteiger partial charge in [-0.3, -0.25) is 24.9 Å². The molecule has 0 bridgehead atoms. The molecular formula is C17H30N4NaO9P. The molecule has 3 rings (SSSR count). The number of phosphoric acid groups is 1. The third-order valence-corrected chi connectivity index (χ3v) is 7.03. The Labute approximate surface area is 207 Å². The minimum absolute atomic E-state index is 0. The van der Waals surface area contributed by atoms with Gasteiger partial charge in [0.15, 0.2) is 0 Å². The first-order chi connectivity index (χ1) is 14.4. The summed E-state index contributed by atoms with van der Waals surface area (Å²) in [7, 11) is -4.87. The molecule has 0 aromatic carbocycles. The summed E-state index contributed by atoms with van der Waals surface area (Å²) in [6.07, 6.45) is -4.84. The summed E-state index contributed by atoms with van der Waals surface area (Å²) in [4.78, 5) is 43.4. The Morgan fingerprint density at radius 1 is 1.22 bits per heavy atom. The molecule has 9 atom stereocenters. The van der Waals surface area contributed by atoms with Crippen LogP contribution in [0.3, 0.4) is 0 Å². The summed E-state index contributed by atoms with van der Waals surface area (Å²) < 4.78 is 14.9. The number of fused-ring (bicyclic) bond motifs is 2. The summed E-state index contributed by atoms with van der Waals surface area (Å²) in [5.41, 5.74) is 0. The van der Waals surface area contributed by atoms with E-state index in [1.807, 2.05) is 0 Å². The molecule has 1 aliphatic carbocycles.